The lowest BCUT2D eigenvalue weighted by Crippen LogP contribution is -2.49. The summed E-state index contributed by atoms with van der Waals surface area (Å²) in [6.07, 6.45) is -0.256. The van der Waals surface area contributed by atoms with Gasteiger partial charge >= 0.3 is 6.09 Å². The molecule has 0 spiro atoms. The molecule has 0 unspecified atom stereocenters. The SMILES string of the molecule is Cc1cccc(C(=O)Nc2ccccc2-c2nc3ccc(CN4CCN(C(=O)OC(C)(C)C)CC4)cc3o2)c1. The van der Waals surface area contributed by atoms with Crippen LogP contribution in [0.25, 0.3) is 22.6 Å². The number of oxazole rings is 1. The summed E-state index contributed by atoms with van der Waals surface area (Å²) in [5.41, 5.74) is 5.03. The zero-order valence-corrected chi connectivity index (χ0v) is 22.9. The van der Waals surface area contributed by atoms with E-state index in [1.165, 1.54) is 0 Å². The first-order chi connectivity index (χ1) is 18.6. The number of rotatable bonds is 5. The molecule has 1 N–H and O–H groups in total. The van der Waals surface area contributed by atoms with E-state index in [9.17, 15) is 9.59 Å². The third kappa shape index (κ3) is 6.46. The Morgan fingerprint density at radius 1 is 0.974 bits per heavy atom. The van der Waals surface area contributed by atoms with Crippen molar-refractivity contribution in [1.29, 1.82) is 0 Å². The number of ether oxygens (including phenoxy) is 1. The first kappa shape index (κ1) is 26.4. The number of nitrogens with zero attached hydrogens (tertiary/aromatic N) is 3. The van der Waals surface area contributed by atoms with Gasteiger partial charge < -0.3 is 19.4 Å². The van der Waals surface area contributed by atoms with Crippen molar-refractivity contribution >= 4 is 28.8 Å². The van der Waals surface area contributed by atoms with Crippen LogP contribution in [0, 0.1) is 6.92 Å². The number of para-hydroxylation sites is 1. The second kappa shape index (κ2) is 10.9. The standard InChI is InChI=1S/C31H34N4O4/c1-21-8-7-9-23(18-21)28(36)32-25-11-6-5-10-24(25)29-33-26-13-12-22(19-27(26)38-29)20-34-14-16-35(17-15-34)30(37)39-31(2,3)4/h5-13,18-19H,14-17,20H2,1-4H3,(H,32,36). The number of benzene rings is 3. The zero-order valence-electron chi connectivity index (χ0n) is 22.9. The van der Waals surface area contributed by atoms with Gasteiger partial charge in [0, 0.05) is 38.3 Å². The molecule has 0 atom stereocenters. The Hall–Kier alpha value is -4.17. The molecule has 1 aromatic heterocycles. The molecule has 5 rings (SSSR count). The number of carbonyl (C=O) groups is 2. The molecule has 0 aliphatic carbocycles. The maximum absolute atomic E-state index is 12.9. The monoisotopic (exact) mass is 526 g/mol. The van der Waals surface area contributed by atoms with Crippen LogP contribution in [0.1, 0.15) is 42.3 Å². The number of fused-ring (bicyclic) bond motifs is 1. The first-order valence-corrected chi connectivity index (χ1v) is 13.2. The van der Waals surface area contributed by atoms with Crippen molar-refractivity contribution in [3.8, 4) is 11.5 Å². The fraction of sp³-hybridized carbons (Fsp3) is 0.323. The lowest BCUT2D eigenvalue weighted by atomic mass is 10.1. The molecule has 39 heavy (non-hydrogen) atoms. The Bertz CT molecular complexity index is 1500. The predicted molar refractivity (Wildman–Crippen MR) is 152 cm³/mol. The molecule has 1 saturated heterocycles. The molecule has 1 aliphatic heterocycles. The lowest BCUT2D eigenvalue weighted by molar-refractivity contribution is 0.0139. The van der Waals surface area contributed by atoms with Gasteiger partial charge in [-0.25, -0.2) is 9.78 Å². The van der Waals surface area contributed by atoms with Crippen molar-refractivity contribution in [2.45, 2.75) is 39.8 Å². The number of aryl methyl sites for hydroxylation is 1. The third-order valence-electron chi connectivity index (χ3n) is 6.57. The fourth-order valence-corrected chi connectivity index (χ4v) is 4.62. The molecule has 8 nitrogen and oxygen atoms in total. The van der Waals surface area contributed by atoms with Crippen LogP contribution in [-0.2, 0) is 11.3 Å². The molecule has 8 heteroatoms. The first-order valence-electron chi connectivity index (χ1n) is 13.2. The summed E-state index contributed by atoms with van der Waals surface area (Å²) in [6, 6.07) is 21.0. The van der Waals surface area contributed by atoms with E-state index in [-0.39, 0.29) is 12.0 Å². The lowest BCUT2D eigenvalue weighted by Gasteiger charge is -2.35. The quantitative estimate of drug-likeness (QED) is 0.338. The van der Waals surface area contributed by atoms with Gasteiger partial charge in [0.05, 0.1) is 11.3 Å². The Kier molecular flexibility index (Phi) is 7.39. The molecule has 202 valence electrons. The minimum atomic E-state index is -0.493. The molecule has 0 saturated carbocycles. The number of piperazine rings is 1. The summed E-state index contributed by atoms with van der Waals surface area (Å²) in [5.74, 6) is 0.268. The number of carbonyl (C=O) groups excluding carboxylic acids is 2. The third-order valence-corrected chi connectivity index (χ3v) is 6.57. The smallest absolute Gasteiger partial charge is 0.410 e. The summed E-state index contributed by atoms with van der Waals surface area (Å²) in [6.45, 7) is 11.2. The van der Waals surface area contributed by atoms with Crippen LogP contribution in [0.2, 0.25) is 0 Å². The fourth-order valence-electron chi connectivity index (χ4n) is 4.62. The Labute approximate surface area is 228 Å². The van der Waals surface area contributed by atoms with Crippen LogP contribution < -0.4 is 5.32 Å². The van der Waals surface area contributed by atoms with E-state index in [2.05, 4.69) is 16.3 Å². The van der Waals surface area contributed by atoms with Gasteiger partial charge in [-0.1, -0.05) is 35.9 Å². The topological polar surface area (TPSA) is 87.9 Å². The van der Waals surface area contributed by atoms with E-state index in [4.69, 9.17) is 14.1 Å². The van der Waals surface area contributed by atoms with E-state index in [1.807, 2.05) is 82.3 Å². The van der Waals surface area contributed by atoms with Crippen molar-refractivity contribution in [2.75, 3.05) is 31.5 Å². The molecule has 0 radical (unpaired) electrons. The van der Waals surface area contributed by atoms with Crippen molar-refractivity contribution in [2.24, 2.45) is 0 Å². The Balaban J connectivity index is 1.27. The number of hydrogen-bond acceptors (Lipinski definition) is 6. The molecule has 1 aliphatic rings. The zero-order chi connectivity index (χ0) is 27.6. The van der Waals surface area contributed by atoms with Crippen molar-refractivity contribution in [3.63, 3.8) is 0 Å². The number of amides is 2. The molecule has 2 amide bonds. The highest BCUT2D eigenvalue weighted by molar-refractivity contribution is 6.06. The van der Waals surface area contributed by atoms with Gasteiger partial charge in [0.2, 0.25) is 5.89 Å². The molecule has 0 bridgehead atoms. The summed E-state index contributed by atoms with van der Waals surface area (Å²) in [7, 11) is 0. The van der Waals surface area contributed by atoms with Gasteiger partial charge in [-0.3, -0.25) is 9.69 Å². The number of aromatic nitrogens is 1. The average Bonchev–Trinajstić information content (AvgIpc) is 3.32. The highest BCUT2D eigenvalue weighted by atomic mass is 16.6. The van der Waals surface area contributed by atoms with Gasteiger partial charge in [-0.2, -0.15) is 0 Å². The number of hydrogen-bond donors (Lipinski definition) is 1. The van der Waals surface area contributed by atoms with E-state index in [0.717, 1.165) is 41.8 Å². The van der Waals surface area contributed by atoms with Crippen molar-refractivity contribution < 1.29 is 18.7 Å². The Morgan fingerprint density at radius 3 is 2.49 bits per heavy atom. The summed E-state index contributed by atoms with van der Waals surface area (Å²) in [5, 5.41) is 3.00. The van der Waals surface area contributed by atoms with Crippen molar-refractivity contribution in [3.05, 3.63) is 83.4 Å². The molecular formula is C31H34N4O4. The van der Waals surface area contributed by atoms with Gasteiger partial charge in [-0.15, -0.1) is 0 Å². The molecule has 4 aromatic rings. The van der Waals surface area contributed by atoms with Gasteiger partial charge in [0.1, 0.15) is 11.1 Å². The predicted octanol–water partition coefficient (Wildman–Crippen LogP) is 6.11. The minimum Gasteiger partial charge on any atom is -0.444 e. The molecular weight excluding hydrogens is 492 g/mol. The number of anilines is 1. The largest absolute Gasteiger partial charge is 0.444 e. The van der Waals surface area contributed by atoms with Crippen LogP contribution in [0.15, 0.2) is 71.1 Å². The van der Waals surface area contributed by atoms with E-state index < -0.39 is 5.60 Å². The molecule has 3 aromatic carbocycles. The minimum absolute atomic E-state index is 0.184. The maximum atomic E-state index is 12.9. The van der Waals surface area contributed by atoms with E-state index >= 15 is 0 Å². The van der Waals surface area contributed by atoms with Gasteiger partial charge in [0.25, 0.3) is 5.91 Å². The Morgan fingerprint density at radius 2 is 1.74 bits per heavy atom. The maximum Gasteiger partial charge on any atom is 0.410 e. The second-order valence-electron chi connectivity index (χ2n) is 10.9. The highest BCUT2D eigenvalue weighted by Gasteiger charge is 2.26. The van der Waals surface area contributed by atoms with Crippen LogP contribution >= 0.6 is 0 Å². The summed E-state index contributed by atoms with van der Waals surface area (Å²) in [4.78, 5) is 34.0. The summed E-state index contributed by atoms with van der Waals surface area (Å²) >= 11 is 0. The number of nitrogens with one attached hydrogen (secondary N) is 1. The summed E-state index contributed by atoms with van der Waals surface area (Å²) < 4.78 is 11.7. The second-order valence-corrected chi connectivity index (χ2v) is 10.9. The van der Waals surface area contributed by atoms with Crippen LogP contribution in [-0.4, -0.2) is 58.6 Å². The molecule has 2 heterocycles. The normalized spacial score (nSPS) is 14.4. The van der Waals surface area contributed by atoms with Crippen LogP contribution in [0.3, 0.4) is 0 Å². The van der Waals surface area contributed by atoms with E-state index in [1.54, 1.807) is 11.0 Å². The van der Waals surface area contributed by atoms with Gasteiger partial charge in [-0.05, 0) is 69.7 Å². The van der Waals surface area contributed by atoms with Crippen LogP contribution in [0.4, 0.5) is 10.5 Å². The van der Waals surface area contributed by atoms with E-state index in [0.29, 0.717) is 35.8 Å². The van der Waals surface area contributed by atoms with Crippen LogP contribution in [0.5, 0.6) is 0 Å². The highest BCUT2D eigenvalue weighted by Crippen LogP contribution is 2.31. The average molecular weight is 527 g/mol. The molecule has 1 fully saturated rings. The van der Waals surface area contributed by atoms with Gasteiger partial charge in [0.15, 0.2) is 5.58 Å². The van der Waals surface area contributed by atoms with Crippen molar-refractivity contribution in [1.82, 2.24) is 14.8 Å².